The number of ketones is 1. The predicted octanol–water partition coefficient (Wildman–Crippen LogP) is 5.75. The van der Waals surface area contributed by atoms with Crippen LogP contribution >= 0.6 is 23.2 Å². The van der Waals surface area contributed by atoms with E-state index in [1.807, 2.05) is 43.3 Å². The number of halogens is 2. The van der Waals surface area contributed by atoms with Crippen LogP contribution in [-0.4, -0.2) is 18.4 Å². The van der Waals surface area contributed by atoms with Crippen molar-refractivity contribution >= 4 is 35.0 Å². The Morgan fingerprint density at radius 2 is 1.87 bits per heavy atom. The summed E-state index contributed by atoms with van der Waals surface area (Å²) in [5.41, 5.74) is 4.27. The molecule has 2 aromatic rings. The van der Waals surface area contributed by atoms with Crippen LogP contribution in [0.3, 0.4) is 0 Å². The minimum atomic E-state index is -0.598. The molecular formula is C25H23Cl2NO3. The first-order valence-corrected chi connectivity index (χ1v) is 11.1. The quantitative estimate of drug-likeness (QED) is 0.583. The fourth-order valence-electron chi connectivity index (χ4n) is 4.29. The number of allylic oxidation sites excluding steroid dienone is 3. The van der Waals surface area contributed by atoms with Crippen molar-refractivity contribution in [1.29, 1.82) is 0 Å². The molecule has 0 unspecified atom stereocenters. The largest absolute Gasteiger partial charge is 0.462 e. The number of esters is 1. The number of hydrogen-bond donors (Lipinski definition) is 1. The topological polar surface area (TPSA) is 55.4 Å². The maximum atomic E-state index is 13.2. The van der Waals surface area contributed by atoms with Crippen molar-refractivity contribution in [3.8, 4) is 0 Å². The highest BCUT2D eigenvalue weighted by Gasteiger charge is 2.40. The van der Waals surface area contributed by atoms with Crippen molar-refractivity contribution in [2.75, 3.05) is 6.61 Å². The molecule has 0 spiro atoms. The van der Waals surface area contributed by atoms with Crippen molar-refractivity contribution in [2.45, 2.75) is 38.5 Å². The summed E-state index contributed by atoms with van der Waals surface area (Å²) < 4.78 is 5.65. The first-order valence-electron chi connectivity index (χ1n) is 10.4. The Bertz CT molecular complexity index is 1090. The van der Waals surface area contributed by atoms with E-state index in [9.17, 15) is 9.59 Å². The standard InChI is InChI=1S/C25H23Cl2NO3/c1-15-21(25(30)31-14-13-16-7-3-2-4-8-16)22(17-9-5-10-18(26)24(17)27)23-19(28-15)11-6-12-20(23)29/h2-5,7-10,22,28H,6,11-14H2,1H3/t22-/m1/s1. The third-order valence-electron chi connectivity index (χ3n) is 5.75. The van der Waals surface area contributed by atoms with Crippen molar-refractivity contribution in [2.24, 2.45) is 0 Å². The van der Waals surface area contributed by atoms with E-state index in [4.69, 9.17) is 27.9 Å². The van der Waals surface area contributed by atoms with Gasteiger partial charge in [-0.3, -0.25) is 4.79 Å². The summed E-state index contributed by atoms with van der Waals surface area (Å²) >= 11 is 12.8. The Labute approximate surface area is 191 Å². The molecule has 2 aliphatic rings. The van der Waals surface area contributed by atoms with Gasteiger partial charge in [0.1, 0.15) is 0 Å². The summed E-state index contributed by atoms with van der Waals surface area (Å²) in [7, 11) is 0. The van der Waals surface area contributed by atoms with Crippen LogP contribution in [0.4, 0.5) is 0 Å². The molecule has 6 heteroatoms. The summed E-state index contributed by atoms with van der Waals surface area (Å²) in [5.74, 6) is -1.02. The molecule has 1 N–H and O–H groups in total. The lowest BCUT2D eigenvalue weighted by molar-refractivity contribution is -0.139. The third-order valence-corrected chi connectivity index (χ3v) is 6.59. The summed E-state index contributed by atoms with van der Waals surface area (Å²) in [4.78, 5) is 26.2. The monoisotopic (exact) mass is 455 g/mol. The molecule has 0 radical (unpaired) electrons. The fraction of sp³-hybridized carbons (Fsp3) is 0.280. The summed E-state index contributed by atoms with van der Waals surface area (Å²) in [5, 5.41) is 4.02. The predicted molar refractivity (Wildman–Crippen MR) is 122 cm³/mol. The molecular weight excluding hydrogens is 433 g/mol. The Morgan fingerprint density at radius 3 is 2.65 bits per heavy atom. The van der Waals surface area contributed by atoms with Gasteiger partial charge in [-0.1, -0.05) is 65.7 Å². The molecule has 0 aromatic heterocycles. The van der Waals surface area contributed by atoms with E-state index in [2.05, 4.69) is 5.32 Å². The van der Waals surface area contributed by atoms with E-state index >= 15 is 0 Å². The molecule has 0 saturated heterocycles. The van der Waals surface area contributed by atoms with Gasteiger partial charge in [-0.25, -0.2) is 4.79 Å². The fourth-order valence-corrected chi connectivity index (χ4v) is 4.71. The van der Waals surface area contributed by atoms with Crippen LogP contribution in [0.1, 0.15) is 43.2 Å². The van der Waals surface area contributed by atoms with Crippen molar-refractivity contribution in [3.05, 3.63) is 92.2 Å². The second kappa shape index (κ2) is 9.29. The zero-order valence-corrected chi connectivity index (χ0v) is 18.7. The van der Waals surface area contributed by atoms with E-state index in [0.717, 1.165) is 24.1 Å². The van der Waals surface area contributed by atoms with E-state index in [1.165, 1.54) is 0 Å². The average molecular weight is 456 g/mol. The minimum absolute atomic E-state index is 0.0249. The Morgan fingerprint density at radius 1 is 1.10 bits per heavy atom. The SMILES string of the molecule is CC1=C(C(=O)OCCc2ccccc2)[C@@H](c2cccc(Cl)c2Cl)C2=C(CCCC2=O)N1. The Hall–Kier alpha value is -2.56. The third kappa shape index (κ3) is 4.41. The molecule has 0 saturated carbocycles. The van der Waals surface area contributed by atoms with Gasteiger partial charge in [0, 0.05) is 35.7 Å². The van der Waals surface area contributed by atoms with Crippen LogP contribution in [0, 0.1) is 0 Å². The van der Waals surface area contributed by atoms with Crippen molar-refractivity contribution < 1.29 is 14.3 Å². The maximum Gasteiger partial charge on any atom is 0.336 e. The normalized spacial score (nSPS) is 18.5. The first kappa shape index (κ1) is 21.7. The maximum absolute atomic E-state index is 13.2. The molecule has 1 atom stereocenters. The number of nitrogens with one attached hydrogen (secondary N) is 1. The lowest BCUT2D eigenvalue weighted by Crippen LogP contribution is -2.34. The highest BCUT2D eigenvalue weighted by molar-refractivity contribution is 6.42. The number of carbonyl (C=O) groups excluding carboxylic acids is 2. The van der Waals surface area contributed by atoms with Gasteiger partial charge >= 0.3 is 5.97 Å². The lowest BCUT2D eigenvalue weighted by atomic mass is 9.75. The van der Waals surface area contributed by atoms with Crippen LogP contribution < -0.4 is 5.32 Å². The molecule has 4 nitrogen and oxygen atoms in total. The zero-order chi connectivity index (χ0) is 22.0. The van der Waals surface area contributed by atoms with Gasteiger partial charge in [0.25, 0.3) is 0 Å². The van der Waals surface area contributed by atoms with Crippen molar-refractivity contribution in [1.82, 2.24) is 5.32 Å². The van der Waals surface area contributed by atoms with Crippen LogP contribution in [0.5, 0.6) is 0 Å². The first-order chi connectivity index (χ1) is 15.0. The van der Waals surface area contributed by atoms with E-state index in [1.54, 1.807) is 12.1 Å². The Balaban J connectivity index is 1.68. The van der Waals surface area contributed by atoms with Gasteiger partial charge in [0.05, 0.1) is 22.2 Å². The number of Topliss-reactive ketones (excluding diaryl/α,β-unsaturated/α-hetero) is 1. The molecule has 0 amide bonds. The lowest BCUT2D eigenvalue weighted by Gasteiger charge is -2.34. The van der Waals surface area contributed by atoms with Gasteiger partial charge in [-0.15, -0.1) is 0 Å². The molecule has 4 rings (SSSR count). The van der Waals surface area contributed by atoms with Gasteiger partial charge < -0.3 is 10.1 Å². The number of rotatable bonds is 5. The highest BCUT2D eigenvalue weighted by Crippen LogP contribution is 2.45. The summed E-state index contributed by atoms with van der Waals surface area (Å²) in [6.07, 6.45) is 2.60. The van der Waals surface area contributed by atoms with Crippen molar-refractivity contribution in [3.63, 3.8) is 0 Å². The Kier molecular flexibility index (Phi) is 6.49. The average Bonchev–Trinajstić information content (AvgIpc) is 2.75. The molecule has 1 heterocycles. The van der Waals surface area contributed by atoms with Gasteiger partial charge in [0.15, 0.2) is 5.78 Å². The number of dihydropyridines is 1. The van der Waals surface area contributed by atoms with Crippen LogP contribution in [-0.2, 0) is 20.7 Å². The van der Waals surface area contributed by atoms with E-state index < -0.39 is 11.9 Å². The summed E-state index contributed by atoms with van der Waals surface area (Å²) in [6, 6.07) is 15.1. The molecule has 0 bridgehead atoms. The van der Waals surface area contributed by atoms with Crippen LogP contribution in [0.25, 0.3) is 0 Å². The number of carbonyl (C=O) groups is 2. The number of hydrogen-bond acceptors (Lipinski definition) is 4. The summed E-state index contributed by atoms with van der Waals surface area (Å²) in [6.45, 7) is 2.08. The smallest absolute Gasteiger partial charge is 0.336 e. The van der Waals surface area contributed by atoms with Gasteiger partial charge in [0.2, 0.25) is 0 Å². The van der Waals surface area contributed by atoms with E-state index in [0.29, 0.717) is 45.3 Å². The highest BCUT2D eigenvalue weighted by atomic mass is 35.5. The molecule has 31 heavy (non-hydrogen) atoms. The van der Waals surface area contributed by atoms with Crippen LogP contribution in [0.2, 0.25) is 10.0 Å². The molecule has 160 valence electrons. The minimum Gasteiger partial charge on any atom is -0.462 e. The number of ether oxygens (including phenoxy) is 1. The molecule has 1 aliphatic carbocycles. The van der Waals surface area contributed by atoms with Gasteiger partial charge in [-0.2, -0.15) is 0 Å². The zero-order valence-electron chi connectivity index (χ0n) is 17.2. The van der Waals surface area contributed by atoms with Crippen LogP contribution in [0.15, 0.2) is 71.1 Å². The second-order valence-electron chi connectivity index (χ2n) is 7.78. The molecule has 0 fully saturated rings. The molecule has 2 aromatic carbocycles. The van der Waals surface area contributed by atoms with Gasteiger partial charge in [-0.05, 0) is 37.0 Å². The van der Waals surface area contributed by atoms with E-state index in [-0.39, 0.29) is 12.4 Å². The second-order valence-corrected chi connectivity index (χ2v) is 8.57. The number of benzene rings is 2. The molecule has 1 aliphatic heterocycles.